The molecule has 7 heteroatoms. The van der Waals surface area contributed by atoms with Gasteiger partial charge in [0, 0.05) is 6.20 Å². The standard InChI is InChI=1S/C6H3ClF3N.CH2Cl2/c7-5-2-1-4(3-11-5)6(8,9)10;2-1-3/h1-3H;1H2. The minimum atomic E-state index is -4.34. The number of hydrogen-bond donors (Lipinski definition) is 0. The van der Waals surface area contributed by atoms with Gasteiger partial charge in [0.2, 0.25) is 0 Å². The van der Waals surface area contributed by atoms with Crippen molar-refractivity contribution in [2.45, 2.75) is 6.18 Å². The van der Waals surface area contributed by atoms with Gasteiger partial charge in [-0.1, -0.05) is 11.6 Å². The van der Waals surface area contributed by atoms with Crippen LogP contribution < -0.4 is 0 Å². The molecule has 0 radical (unpaired) electrons. The van der Waals surface area contributed by atoms with Gasteiger partial charge in [-0.2, -0.15) is 13.2 Å². The first-order valence-electron chi connectivity index (χ1n) is 3.22. The molecule has 1 heterocycles. The average Bonchev–Trinajstić information content (AvgIpc) is 2.04. The van der Waals surface area contributed by atoms with Gasteiger partial charge in [0.1, 0.15) is 5.15 Å². The number of alkyl halides is 5. The number of halogens is 6. The molecule has 1 aromatic rings. The van der Waals surface area contributed by atoms with Gasteiger partial charge >= 0.3 is 6.18 Å². The van der Waals surface area contributed by atoms with Crippen LogP contribution in [-0.4, -0.2) is 10.3 Å². The Hall–Kier alpha value is -0.190. The maximum absolute atomic E-state index is 11.8. The molecule has 0 amide bonds. The summed E-state index contributed by atoms with van der Waals surface area (Å²) in [4.78, 5) is 3.29. The average molecular weight is 266 g/mol. The first-order valence-corrected chi connectivity index (χ1v) is 4.67. The van der Waals surface area contributed by atoms with Crippen LogP contribution in [0.25, 0.3) is 0 Å². The van der Waals surface area contributed by atoms with Crippen LogP contribution in [0, 0.1) is 0 Å². The zero-order valence-electron chi connectivity index (χ0n) is 6.65. The SMILES string of the molecule is ClCCl.FC(F)(F)c1ccc(Cl)nc1. The van der Waals surface area contributed by atoms with Gasteiger partial charge in [-0.3, -0.25) is 0 Å². The molecule has 0 aliphatic rings. The van der Waals surface area contributed by atoms with Gasteiger partial charge in [-0.25, -0.2) is 4.98 Å². The summed E-state index contributed by atoms with van der Waals surface area (Å²) in [5.41, 5.74) is -0.790. The van der Waals surface area contributed by atoms with Crippen LogP contribution in [-0.2, 0) is 6.18 Å². The van der Waals surface area contributed by atoms with E-state index in [4.69, 9.17) is 34.8 Å². The highest BCUT2D eigenvalue weighted by atomic mass is 35.5. The van der Waals surface area contributed by atoms with Crippen molar-refractivity contribution >= 4 is 34.8 Å². The summed E-state index contributed by atoms with van der Waals surface area (Å²) in [6.45, 7) is 0. The first kappa shape index (κ1) is 13.8. The normalized spacial score (nSPS) is 10.4. The molecule has 0 aliphatic carbocycles. The summed E-state index contributed by atoms with van der Waals surface area (Å²) < 4.78 is 35.5. The molecule has 1 nitrogen and oxygen atoms in total. The van der Waals surface area contributed by atoms with Crippen LogP contribution in [0.1, 0.15) is 5.56 Å². The lowest BCUT2D eigenvalue weighted by atomic mass is 10.3. The lowest BCUT2D eigenvalue weighted by molar-refractivity contribution is -0.137. The summed E-state index contributed by atoms with van der Waals surface area (Å²) in [6.07, 6.45) is -3.64. The number of nitrogens with zero attached hydrogens (tertiary/aromatic N) is 1. The lowest BCUT2D eigenvalue weighted by Gasteiger charge is -2.04. The van der Waals surface area contributed by atoms with E-state index in [2.05, 4.69) is 4.98 Å². The Bertz CT molecular complexity index is 260. The van der Waals surface area contributed by atoms with E-state index >= 15 is 0 Å². The minimum Gasteiger partial charge on any atom is -0.244 e. The third-order valence-corrected chi connectivity index (χ3v) is 1.28. The fourth-order valence-electron chi connectivity index (χ4n) is 0.544. The summed E-state index contributed by atoms with van der Waals surface area (Å²) in [5.74, 6) is 0. The number of rotatable bonds is 0. The summed E-state index contributed by atoms with van der Waals surface area (Å²) in [6, 6.07) is 1.99. The Kier molecular flexibility index (Phi) is 6.24. The molecule has 0 aromatic carbocycles. The summed E-state index contributed by atoms with van der Waals surface area (Å²) >= 11 is 14.8. The second-order valence-corrected chi connectivity index (χ2v) is 3.16. The highest BCUT2D eigenvalue weighted by Crippen LogP contribution is 2.28. The fraction of sp³-hybridized carbons (Fsp3) is 0.286. The Morgan fingerprint density at radius 2 is 1.71 bits per heavy atom. The van der Waals surface area contributed by atoms with Gasteiger partial charge in [0.25, 0.3) is 0 Å². The minimum absolute atomic E-state index is 0.0537. The van der Waals surface area contributed by atoms with Crippen LogP contribution in [0.5, 0.6) is 0 Å². The van der Waals surface area contributed by atoms with Crippen molar-refractivity contribution in [3.05, 3.63) is 29.0 Å². The third-order valence-electron chi connectivity index (χ3n) is 1.05. The predicted molar refractivity (Wildman–Crippen MR) is 50.8 cm³/mol. The van der Waals surface area contributed by atoms with Crippen LogP contribution >= 0.6 is 34.8 Å². The number of pyridine rings is 1. The summed E-state index contributed by atoms with van der Waals surface area (Å²) in [5, 5.41) is 0.248. The van der Waals surface area contributed by atoms with Crippen molar-refractivity contribution < 1.29 is 13.2 Å². The lowest BCUT2D eigenvalue weighted by Crippen LogP contribution is -2.04. The molecule has 0 fully saturated rings. The maximum atomic E-state index is 11.8. The number of hydrogen-bond acceptors (Lipinski definition) is 1. The Balaban J connectivity index is 0.000000500. The molecule has 0 aliphatic heterocycles. The van der Waals surface area contributed by atoms with E-state index in [1.807, 2.05) is 0 Å². The first-order chi connectivity index (χ1) is 6.41. The van der Waals surface area contributed by atoms with Crippen molar-refractivity contribution in [2.24, 2.45) is 0 Å². The molecular weight excluding hydrogens is 261 g/mol. The topological polar surface area (TPSA) is 12.9 Å². The molecule has 0 spiro atoms. The smallest absolute Gasteiger partial charge is 0.244 e. The second kappa shape index (κ2) is 6.32. The van der Waals surface area contributed by atoms with Crippen LogP contribution in [0.3, 0.4) is 0 Å². The van der Waals surface area contributed by atoms with Crippen molar-refractivity contribution in [3.63, 3.8) is 0 Å². The van der Waals surface area contributed by atoms with Gasteiger partial charge < -0.3 is 0 Å². The molecular formula is C7H5Cl3F3N. The maximum Gasteiger partial charge on any atom is 0.417 e. The van der Waals surface area contributed by atoms with Gasteiger partial charge in [-0.05, 0) is 12.1 Å². The van der Waals surface area contributed by atoms with Crippen molar-refractivity contribution in [1.82, 2.24) is 4.98 Å². The Morgan fingerprint density at radius 1 is 1.21 bits per heavy atom. The van der Waals surface area contributed by atoms with Gasteiger partial charge in [0.05, 0.1) is 10.9 Å². The van der Waals surface area contributed by atoms with E-state index < -0.39 is 11.7 Å². The van der Waals surface area contributed by atoms with Crippen LogP contribution in [0.15, 0.2) is 18.3 Å². The third kappa shape index (κ3) is 5.52. The predicted octanol–water partition coefficient (Wildman–Crippen LogP) is 4.18. The Morgan fingerprint density at radius 3 is 2.00 bits per heavy atom. The van der Waals surface area contributed by atoms with E-state index in [0.717, 1.165) is 12.1 Å². The second-order valence-electron chi connectivity index (χ2n) is 1.97. The molecule has 14 heavy (non-hydrogen) atoms. The van der Waals surface area contributed by atoms with E-state index in [1.165, 1.54) is 0 Å². The zero-order chi connectivity index (χ0) is 11.2. The van der Waals surface area contributed by atoms with E-state index in [0.29, 0.717) is 6.20 Å². The van der Waals surface area contributed by atoms with E-state index in [-0.39, 0.29) is 10.5 Å². The van der Waals surface area contributed by atoms with E-state index in [1.54, 1.807) is 0 Å². The highest BCUT2D eigenvalue weighted by Gasteiger charge is 2.30. The summed E-state index contributed by atoms with van der Waals surface area (Å²) in [7, 11) is 0. The molecule has 0 unspecified atom stereocenters. The molecule has 0 N–H and O–H groups in total. The van der Waals surface area contributed by atoms with Crippen LogP contribution in [0.2, 0.25) is 5.15 Å². The van der Waals surface area contributed by atoms with Gasteiger partial charge in [0.15, 0.2) is 0 Å². The molecule has 0 atom stereocenters. The highest BCUT2D eigenvalue weighted by molar-refractivity contribution is 6.40. The van der Waals surface area contributed by atoms with Crippen molar-refractivity contribution in [1.29, 1.82) is 0 Å². The van der Waals surface area contributed by atoms with Gasteiger partial charge in [-0.15, -0.1) is 23.2 Å². The quantitative estimate of drug-likeness (QED) is 0.507. The van der Waals surface area contributed by atoms with Crippen LogP contribution in [0.4, 0.5) is 13.2 Å². The monoisotopic (exact) mass is 265 g/mol. The number of aromatic nitrogens is 1. The van der Waals surface area contributed by atoms with Crippen molar-refractivity contribution in [2.75, 3.05) is 5.34 Å². The molecule has 1 rings (SSSR count). The zero-order valence-corrected chi connectivity index (χ0v) is 8.92. The molecule has 0 saturated carbocycles. The van der Waals surface area contributed by atoms with E-state index in [9.17, 15) is 13.2 Å². The Labute approximate surface area is 93.8 Å². The molecule has 80 valence electrons. The molecule has 0 bridgehead atoms. The molecule has 1 aromatic heterocycles. The molecule has 0 saturated heterocycles. The largest absolute Gasteiger partial charge is 0.417 e. The fourth-order valence-corrected chi connectivity index (χ4v) is 0.655. The van der Waals surface area contributed by atoms with Crippen molar-refractivity contribution in [3.8, 4) is 0 Å².